The minimum Gasteiger partial charge on any atom is -0.369 e. The monoisotopic (exact) mass is 278 g/mol. The summed E-state index contributed by atoms with van der Waals surface area (Å²) >= 11 is 0. The van der Waals surface area contributed by atoms with Crippen LogP contribution in [0.1, 0.15) is 58.1 Å². The normalized spacial score (nSPS) is 20.7. The first-order valence-electron chi connectivity index (χ1n) is 7.58. The highest BCUT2D eigenvalue weighted by Gasteiger charge is 2.29. The van der Waals surface area contributed by atoms with Crippen molar-refractivity contribution < 1.29 is 4.39 Å². The molecule has 2 N–H and O–H groups in total. The molecule has 1 aliphatic carbocycles. The van der Waals surface area contributed by atoms with E-state index in [-0.39, 0.29) is 11.9 Å². The number of anilines is 1. The summed E-state index contributed by atoms with van der Waals surface area (Å²) in [4.78, 5) is 2.11. The van der Waals surface area contributed by atoms with Gasteiger partial charge in [-0.1, -0.05) is 19.9 Å². The van der Waals surface area contributed by atoms with Gasteiger partial charge >= 0.3 is 0 Å². The Bertz CT molecular complexity index is 458. The number of nitrogens with zero attached hydrogens (tertiary/aromatic N) is 1. The predicted octanol–water partition coefficient (Wildman–Crippen LogP) is 4.25. The van der Waals surface area contributed by atoms with Gasteiger partial charge in [0, 0.05) is 19.1 Å². The molecule has 1 saturated carbocycles. The van der Waals surface area contributed by atoms with Crippen LogP contribution in [0.4, 0.5) is 10.1 Å². The lowest BCUT2D eigenvalue weighted by Gasteiger charge is -2.39. The molecule has 2 nitrogen and oxygen atoms in total. The summed E-state index contributed by atoms with van der Waals surface area (Å²) in [5, 5.41) is 0. The third kappa shape index (κ3) is 3.32. The van der Waals surface area contributed by atoms with Crippen LogP contribution in [0.3, 0.4) is 0 Å². The minimum atomic E-state index is -0.160. The first kappa shape index (κ1) is 15.3. The van der Waals surface area contributed by atoms with Gasteiger partial charge in [-0.25, -0.2) is 4.39 Å². The van der Waals surface area contributed by atoms with Crippen molar-refractivity contribution in [3.63, 3.8) is 0 Å². The molecule has 1 aromatic rings. The van der Waals surface area contributed by atoms with Crippen LogP contribution in [0.15, 0.2) is 18.2 Å². The van der Waals surface area contributed by atoms with Gasteiger partial charge < -0.3 is 10.6 Å². The van der Waals surface area contributed by atoms with Gasteiger partial charge in [-0.2, -0.15) is 0 Å². The maximum atomic E-state index is 14.3. The van der Waals surface area contributed by atoms with Crippen molar-refractivity contribution in [2.45, 2.75) is 58.5 Å². The van der Waals surface area contributed by atoms with Crippen LogP contribution < -0.4 is 10.6 Å². The maximum absolute atomic E-state index is 14.3. The lowest BCUT2D eigenvalue weighted by molar-refractivity contribution is 0.222. The zero-order chi connectivity index (χ0) is 14.9. The number of halogens is 1. The molecule has 0 radical (unpaired) electrons. The van der Waals surface area contributed by atoms with Gasteiger partial charge in [-0.3, -0.25) is 0 Å². The molecule has 2 rings (SSSR count). The smallest absolute Gasteiger partial charge is 0.146 e. The van der Waals surface area contributed by atoms with E-state index in [4.69, 9.17) is 5.73 Å². The Labute approximate surface area is 122 Å². The quantitative estimate of drug-likeness (QED) is 0.895. The molecule has 1 aliphatic rings. The number of rotatable bonds is 3. The Balaban J connectivity index is 2.12. The molecule has 1 atom stereocenters. The molecule has 3 heteroatoms. The van der Waals surface area contributed by atoms with Crippen molar-refractivity contribution >= 4 is 5.69 Å². The fraction of sp³-hybridized carbons (Fsp3) is 0.647. The van der Waals surface area contributed by atoms with Crippen LogP contribution in [0, 0.1) is 11.2 Å². The van der Waals surface area contributed by atoms with E-state index in [0.29, 0.717) is 17.1 Å². The van der Waals surface area contributed by atoms with Gasteiger partial charge in [0.2, 0.25) is 0 Å². The summed E-state index contributed by atoms with van der Waals surface area (Å²) in [6.45, 7) is 6.52. The number of hydrogen-bond acceptors (Lipinski definition) is 2. The molecular formula is C17H27FN2. The standard InChI is InChI=1S/C17H27FN2/c1-12(19)13-5-6-16(15(18)11-13)20(4)14-7-9-17(2,3)10-8-14/h5-6,11-12,14H,7-10,19H2,1-4H3/t12-/m1/s1. The summed E-state index contributed by atoms with van der Waals surface area (Å²) in [7, 11) is 2.01. The topological polar surface area (TPSA) is 29.3 Å². The highest BCUT2D eigenvalue weighted by Crippen LogP contribution is 2.38. The van der Waals surface area contributed by atoms with Crippen molar-refractivity contribution in [1.29, 1.82) is 0 Å². The van der Waals surface area contributed by atoms with E-state index in [1.807, 2.05) is 26.1 Å². The number of hydrogen-bond donors (Lipinski definition) is 1. The van der Waals surface area contributed by atoms with Crippen LogP contribution in [0.2, 0.25) is 0 Å². The fourth-order valence-corrected chi connectivity index (χ4v) is 3.06. The van der Waals surface area contributed by atoms with Gasteiger partial charge in [-0.05, 0) is 55.7 Å². The Hall–Kier alpha value is -1.09. The second kappa shape index (κ2) is 5.72. The lowest BCUT2D eigenvalue weighted by atomic mass is 9.75. The predicted molar refractivity (Wildman–Crippen MR) is 83.4 cm³/mol. The number of benzene rings is 1. The van der Waals surface area contributed by atoms with Crippen LogP contribution in [0.5, 0.6) is 0 Å². The van der Waals surface area contributed by atoms with Crippen molar-refractivity contribution in [2.24, 2.45) is 11.1 Å². The Morgan fingerprint density at radius 2 is 1.90 bits per heavy atom. The average molecular weight is 278 g/mol. The molecule has 20 heavy (non-hydrogen) atoms. The van der Waals surface area contributed by atoms with Gasteiger partial charge in [0.1, 0.15) is 5.82 Å². The van der Waals surface area contributed by atoms with E-state index < -0.39 is 0 Å². The molecule has 0 saturated heterocycles. The average Bonchev–Trinajstić information content (AvgIpc) is 2.37. The molecule has 1 fully saturated rings. The second-order valence-corrected chi connectivity index (χ2v) is 7.01. The van der Waals surface area contributed by atoms with Crippen molar-refractivity contribution in [2.75, 3.05) is 11.9 Å². The summed E-state index contributed by atoms with van der Waals surface area (Å²) in [6, 6.07) is 5.70. The first-order valence-corrected chi connectivity index (χ1v) is 7.58. The summed E-state index contributed by atoms with van der Waals surface area (Å²) in [5.41, 5.74) is 7.79. The maximum Gasteiger partial charge on any atom is 0.146 e. The zero-order valence-corrected chi connectivity index (χ0v) is 13.1. The number of nitrogens with two attached hydrogens (primary N) is 1. The molecule has 0 spiro atoms. The van der Waals surface area contributed by atoms with Crippen molar-refractivity contribution in [3.05, 3.63) is 29.6 Å². The summed E-state index contributed by atoms with van der Waals surface area (Å²) < 4.78 is 14.3. The van der Waals surface area contributed by atoms with Gasteiger partial charge in [0.25, 0.3) is 0 Å². The van der Waals surface area contributed by atoms with Crippen LogP contribution in [0.25, 0.3) is 0 Å². The molecule has 0 aromatic heterocycles. The third-order valence-corrected chi connectivity index (χ3v) is 4.73. The minimum absolute atomic E-state index is 0.126. The Kier molecular flexibility index (Phi) is 4.38. The summed E-state index contributed by atoms with van der Waals surface area (Å²) in [6.07, 6.45) is 4.69. The zero-order valence-electron chi connectivity index (χ0n) is 13.1. The van der Waals surface area contributed by atoms with Crippen LogP contribution in [-0.4, -0.2) is 13.1 Å². The lowest BCUT2D eigenvalue weighted by Crippen LogP contribution is -2.37. The molecule has 0 aliphatic heterocycles. The molecule has 0 amide bonds. The van der Waals surface area contributed by atoms with Gasteiger partial charge in [0.15, 0.2) is 0 Å². The molecule has 1 aromatic carbocycles. The molecular weight excluding hydrogens is 251 g/mol. The van der Waals surface area contributed by atoms with E-state index in [2.05, 4.69) is 18.7 Å². The SMILES string of the molecule is C[C@@H](N)c1ccc(N(C)C2CCC(C)(C)CC2)c(F)c1. The molecule has 112 valence electrons. The van der Waals surface area contributed by atoms with Crippen molar-refractivity contribution in [3.8, 4) is 0 Å². The third-order valence-electron chi connectivity index (χ3n) is 4.73. The van der Waals surface area contributed by atoms with E-state index in [9.17, 15) is 4.39 Å². The van der Waals surface area contributed by atoms with Gasteiger partial charge in [0.05, 0.1) is 5.69 Å². The molecule has 0 bridgehead atoms. The van der Waals surface area contributed by atoms with E-state index in [1.165, 1.54) is 12.8 Å². The van der Waals surface area contributed by atoms with E-state index in [0.717, 1.165) is 18.4 Å². The van der Waals surface area contributed by atoms with Gasteiger partial charge in [-0.15, -0.1) is 0 Å². The van der Waals surface area contributed by atoms with Crippen LogP contribution in [-0.2, 0) is 0 Å². The first-order chi connectivity index (χ1) is 9.30. The largest absolute Gasteiger partial charge is 0.369 e. The molecule has 0 heterocycles. The highest BCUT2D eigenvalue weighted by atomic mass is 19.1. The molecule has 0 unspecified atom stereocenters. The Morgan fingerprint density at radius 3 is 2.40 bits per heavy atom. The summed E-state index contributed by atoms with van der Waals surface area (Å²) in [5.74, 6) is -0.160. The second-order valence-electron chi connectivity index (χ2n) is 7.01. The van der Waals surface area contributed by atoms with Crippen LogP contribution >= 0.6 is 0 Å². The van der Waals surface area contributed by atoms with E-state index in [1.54, 1.807) is 6.07 Å². The highest BCUT2D eigenvalue weighted by molar-refractivity contribution is 5.50. The Morgan fingerprint density at radius 1 is 1.30 bits per heavy atom. The van der Waals surface area contributed by atoms with E-state index >= 15 is 0 Å². The fourth-order valence-electron chi connectivity index (χ4n) is 3.06. The van der Waals surface area contributed by atoms with Crippen molar-refractivity contribution in [1.82, 2.24) is 0 Å².